The van der Waals surface area contributed by atoms with Crippen LogP contribution in [0.15, 0.2) is 46.6 Å². The number of nitrogens with zero attached hydrogens (tertiary/aromatic N) is 4. The second-order valence-corrected chi connectivity index (χ2v) is 10.1. The van der Waals surface area contributed by atoms with Gasteiger partial charge >= 0.3 is 12.4 Å². The van der Waals surface area contributed by atoms with Gasteiger partial charge in [0.2, 0.25) is 5.78 Å². The van der Waals surface area contributed by atoms with Crippen LogP contribution < -0.4 is 10.0 Å². The maximum atomic E-state index is 14.0. The second-order valence-electron chi connectivity index (χ2n) is 10.1. The van der Waals surface area contributed by atoms with Crippen LogP contribution in [0.1, 0.15) is 68.3 Å². The minimum atomic E-state index is -5.22. The highest BCUT2D eigenvalue weighted by molar-refractivity contribution is 6.14. The molecule has 42 heavy (non-hydrogen) atoms. The number of hydrazone groups is 2. The van der Waals surface area contributed by atoms with E-state index in [1.54, 1.807) is 13.8 Å². The number of aromatic hydroxyl groups is 2. The Labute approximate surface area is 236 Å². The summed E-state index contributed by atoms with van der Waals surface area (Å²) in [6.45, 7) is 3.39. The molecule has 0 aromatic heterocycles. The SMILES string of the molecule is CCCC1=NN(c2cccc(C(=O)c3cccc(N4N=C(CCC)CC4(O)C(F)(F)F)c3O)c2O)C(O)(C(F)(F)F)C1. The molecule has 0 saturated carbocycles. The number of anilines is 2. The van der Waals surface area contributed by atoms with Crippen LogP contribution in [0.25, 0.3) is 0 Å². The Bertz CT molecular complexity index is 1340. The van der Waals surface area contributed by atoms with Crippen LogP contribution in [0.2, 0.25) is 0 Å². The Hall–Kier alpha value is -3.85. The van der Waals surface area contributed by atoms with Crippen molar-refractivity contribution >= 4 is 28.6 Å². The van der Waals surface area contributed by atoms with Crippen LogP contribution in [0, 0.1) is 0 Å². The molecule has 0 spiro atoms. The molecule has 228 valence electrons. The monoisotopic (exact) mass is 602 g/mol. The van der Waals surface area contributed by atoms with Gasteiger partial charge in [-0.15, -0.1) is 0 Å². The Kier molecular flexibility index (Phi) is 7.97. The highest BCUT2D eigenvalue weighted by Crippen LogP contribution is 2.49. The molecule has 0 fully saturated rings. The zero-order chi connectivity index (χ0) is 31.3. The van der Waals surface area contributed by atoms with Crippen LogP contribution in [-0.2, 0) is 0 Å². The molecular weight excluding hydrogens is 574 g/mol. The third kappa shape index (κ3) is 5.04. The van der Waals surface area contributed by atoms with Gasteiger partial charge in [0, 0.05) is 24.3 Å². The van der Waals surface area contributed by atoms with Gasteiger partial charge in [-0.1, -0.05) is 38.8 Å². The van der Waals surface area contributed by atoms with E-state index in [4.69, 9.17) is 0 Å². The van der Waals surface area contributed by atoms with E-state index in [1.165, 1.54) is 0 Å². The first kappa shape index (κ1) is 31.1. The minimum Gasteiger partial charge on any atom is -0.505 e. The normalized spacial score (nSPS) is 22.9. The number of hydrogen-bond acceptors (Lipinski definition) is 9. The molecule has 2 unspecified atom stereocenters. The fourth-order valence-electron chi connectivity index (χ4n) is 4.95. The molecule has 0 saturated heterocycles. The number of carbonyl (C=O) groups excluding carboxylic acids is 1. The lowest BCUT2D eigenvalue weighted by Crippen LogP contribution is -2.55. The number of hydrogen-bond donors (Lipinski definition) is 4. The molecule has 2 aliphatic heterocycles. The number of alkyl halides is 6. The van der Waals surface area contributed by atoms with Gasteiger partial charge in [0.15, 0.2) is 11.5 Å². The molecule has 4 N–H and O–H groups in total. The van der Waals surface area contributed by atoms with E-state index in [0.717, 1.165) is 36.4 Å². The average molecular weight is 603 g/mol. The first-order valence-electron chi connectivity index (χ1n) is 13.0. The van der Waals surface area contributed by atoms with Gasteiger partial charge in [0.25, 0.3) is 11.4 Å². The molecule has 2 aromatic rings. The first-order valence-corrected chi connectivity index (χ1v) is 13.0. The van der Waals surface area contributed by atoms with Gasteiger partial charge in [-0.2, -0.15) is 36.5 Å². The molecule has 0 radical (unpaired) electrons. The number of carbonyl (C=O) groups is 1. The Morgan fingerprint density at radius 2 is 1.12 bits per heavy atom. The topological polar surface area (TPSA) is 129 Å². The summed E-state index contributed by atoms with van der Waals surface area (Å²) in [5, 5.41) is 51.1. The van der Waals surface area contributed by atoms with Crippen LogP contribution in [0.5, 0.6) is 11.5 Å². The fourth-order valence-corrected chi connectivity index (χ4v) is 4.95. The van der Waals surface area contributed by atoms with Crippen molar-refractivity contribution in [2.24, 2.45) is 10.2 Å². The predicted octanol–water partition coefficient (Wildman–Crippen LogP) is 5.56. The third-order valence-electron chi connectivity index (χ3n) is 7.04. The number of halogens is 6. The number of ketones is 1. The zero-order valence-electron chi connectivity index (χ0n) is 22.5. The summed E-state index contributed by atoms with van der Waals surface area (Å²) >= 11 is 0. The molecule has 2 aromatic carbocycles. The number of benzene rings is 2. The van der Waals surface area contributed by atoms with Crippen molar-refractivity contribution in [3.05, 3.63) is 47.5 Å². The maximum absolute atomic E-state index is 14.0. The van der Waals surface area contributed by atoms with Crippen molar-refractivity contribution in [3.8, 4) is 11.5 Å². The molecule has 0 bridgehead atoms. The quantitative estimate of drug-likeness (QED) is 0.230. The number of rotatable bonds is 8. The standard InChI is InChI=1S/C27H28F6N4O5/c1-3-7-15-13-24(41,26(28,29)30)36(34-15)19-11-5-9-17(22(19)39)21(38)18-10-6-12-20(23(18)40)37-25(42,27(31,32)33)14-16(35-37)8-4-2/h5-6,9-12,39-42H,3-4,7-8,13-14H2,1-2H3. The largest absolute Gasteiger partial charge is 0.505 e. The lowest BCUT2D eigenvalue weighted by molar-refractivity contribution is -0.254. The molecular formula is C27H28F6N4O5. The van der Waals surface area contributed by atoms with E-state index in [2.05, 4.69) is 10.2 Å². The van der Waals surface area contributed by atoms with Crippen molar-refractivity contribution in [2.45, 2.75) is 76.2 Å². The molecule has 2 heterocycles. The predicted molar refractivity (Wildman–Crippen MR) is 141 cm³/mol. The van der Waals surface area contributed by atoms with E-state index in [1.807, 2.05) is 0 Å². The van der Waals surface area contributed by atoms with Crippen LogP contribution in [0.3, 0.4) is 0 Å². The Morgan fingerprint density at radius 3 is 1.43 bits per heavy atom. The summed E-state index contributed by atoms with van der Waals surface area (Å²) < 4.78 is 83.7. The van der Waals surface area contributed by atoms with Crippen molar-refractivity contribution in [1.82, 2.24) is 0 Å². The van der Waals surface area contributed by atoms with E-state index >= 15 is 0 Å². The van der Waals surface area contributed by atoms with E-state index < -0.39 is 76.4 Å². The number of phenols is 2. The van der Waals surface area contributed by atoms with E-state index in [-0.39, 0.29) is 34.3 Å². The van der Waals surface area contributed by atoms with Crippen LogP contribution >= 0.6 is 0 Å². The van der Waals surface area contributed by atoms with Crippen molar-refractivity contribution in [3.63, 3.8) is 0 Å². The molecule has 0 amide bonds. The van der Waals surface area contributed by atoms with Gasteiger partial charge < -0.3 is 20.4 Å². The highest BCUT2D eigenvalue weighted by Gasteiger charge is 2.63. The van der Waals surface area contributed by atoms with Crippen molar-refractivity contribution < 1.29 is 51.6 Å². The van der Waals surface area contributed by atoms with Crippen molar-refractivity contribution in [1.29, 1.82) is 0 Å². The summed E-state index contributed by atoms with van der Waals surface area (Å²) in [5.41, 5.74) is -9.63. The van der Waals surface area contributed by atoms with Gasteiger partial charge in [0.1, 0.15) is 11.4 Å². The summed E-state index contributed by atoms with van der Waals surface area (Å²) in [6, 6.07) is 6.25. The van der Waals surface area contributed by atoms with E-state index in [0.29, 0.717) is 12.8 Å². The van der Waals surface area contributed by atoms with Crippen molar-refractivity contribution in [2.75, 3.05) is 10.0 Å². The Balaban J connectivity index is 1.79. The fraction of sp³-hybridized carbons (Fsp3) is 0.444. The maximum Gasteiger partial charge on any atom is 0.438 e. The summed E-state index contributed by atoms with van der Waals surface area (Å²) in [7, 11) is 0. The molecule has 0 aliphatic carbocycles. The molecule has 15 heteroatoms. The van der Waals surface area contributed by atoms with Gasteiger partial charge in [0.05, 0.1) is 11.1 Å². The second kappa shape index (κ2) is 10.8. The lowest BCUT2D eigenvalue weighted by atomic mass is 9.98. The smallest absolute Gasteiger partial charge is 0.438 e. The number of para-hydroxylation sites is 2. The van der Waals surface area contributed by atoms with Gasteiger partial charge in [-0.25, -0.2) is 10.0 Å². The summed E-state index contributed by atoms with van der Waals surface area (Å²) in [5.74, 6) is -3.21. The zero-order valence-corrected chi connectivity index (χ0v) is 22.5. The van der Waals surface area contributed by atoms with Gasteiger partial charge in [-0.05, 0) is 37.1 Å². The number of phenolic OH excluding ortho intramolecular Hbond substituents is 2. The molecule has 9 nitrogen and oxygen atoms in total. The van der Waals surface area contributed by atoms with Crippen LogP contribution in [-0.4, -0.2) is 61.4 Å². The molecule has 4 rings (SSSR count). The summed E-state index contributed by atoms with van der Waals surface area (Å²) in [6.07, 6.45) is -11.1. The lowest BCUT2D eigenvalue weighted by Gasteiger charge is -2.34. The number of aliphatic hydroxyl groups is 2. The first-order chi connectivity index (χ1) is 19.5. The highest BCUT2D eigenvalue weighted by atomic mass is 19.4. The van der Waals surface area contributed by atoms with E-state index in [9.17, 15) is 51.6 Å². The minimum absolute atomic E-state index is 0.00422. The van der Waals surface area contributed by atoms with Gasteiger partial charge in [-0.3, -0.25) is 4.79 Å². The third-order valence-corrected chi connectivity index (χ3v) is 7.04. The molecule has 2 aliphatic rings. The average Bonchev–Trinajstić information content (AvgIpc) is 3.42. The summed E-state index contributed by atoms with van der Waals surface area (Å²) in [4.78, 5) is 13.5. The molecule has 2 atom stereocenters. The van der Waals surface area contributed by atoms with Crippen LogP contribution in [0.4, 0.5) is 37.7 Å². The Morgan fingerprint density at radius 1 is 0.762 bits per heavy atom.